The molecule has 0 fully saturated rings. The molecule has 0 spiro atoms. The third-order valence-electron chi connectivity index (χ3n) is 3.83. The highest BCUT2D eigenvalue weighted by Crippen LogP contribution is 2.37. The van der Waals surface area contributed by atoms with Gasteiger partial charge in [0.05, 0.1) is 11.9 Å². The van der Waals surface area contributed by atoms with Crippen LogP contribution in [0.3, 0.4) is 0 Å². The minimum absolute atomic E-state index is 0.150. The lowest BCUT2D eigenvalue weighted by Gasteiger charge is -2.13. The van der Waals surface area contributed by atoms with E-state index >= 15 is 0 Å². The maximum absolute atomic E-state index is 13.5. The summed E-state index contributed by atoms with van der Waals surface area (Å²) in [4.78, 5) is 11.9. The highest BCUT2D eigenvalue weighted by Gasteiger charge is 2.40. The van der Waals surface area contributed by atoms with Crippen LogP contribution >= 0.6 is 11.6 Å². The Bertz CT molecular complexity index is 959. The standard InChI is InChI=1S/C19H15ClF3N3O2/c20-15-9-5-4-6-13(15)10-11-24-18(27)28-16-12-25-26(17(16)19(21,22)23)14-7-2-1-3-8-14/h1-9,12H,10-11H2,(H,24,27). The molecule has 0 radical (unpaired) electrons. The van der Waals surface area contributed by atoms with Gasteiger partial charge in [0, 0.05) is 11.6 Å². The second-order valence-corrected chi connectivity index (χ2v) is 6.17. The van der Waals surface area contributed by atoms with Crippen LogP contribution in [0.2, 0.25) is 5.02 Å². The fourth-order valence-electron chi connectivity index (χ4n) is 2.57. The zero-order valence-corrected chi connectivity index (χ0v) is 15.2. The molecule has 5 nitrogen and oxygen atoms in total. The zero-order chi connectivity index (χ0) is 20.1. The Morgan fingerprint density at radius 3 is 2.46 bits per heavy atom. The molecule has 2 aromatic carbocycles. The number of alkyl halides is 3. The SMILES string of the molecule is O=C(NCCc1ccccc1Cl)Oc1cnn(-c2ccccc2)c1C(F)(F)F. The number of benzene rings is 2. The van der Waals surface area contributed by atoms with Gasteiger partial charge in [-0.3, -0.25) is 0 Å². The quantitative estimate of drug-likeness (QED) is 0.653. The van der Waals surface area contributed by atoms with E-state index in [1.165, 1.54) is 12.1 Å². The van der Waals surface area contributed by atoms with E-state index in [0.29, 0.717) is 16.1 Å². The Morgan fingerprint density at radius 2 is 1.79 bits per heavy atom. The van der Waals surface area contributed by atoms with Gasteiger partial charge in [0.2, 0.25) is 0 Å². The summed E-state index contributed by atoms with van der Waals surface area (Å²) in [6, 6.07) is 14.8. The monoisotopic (exact) mass is 409 g/mol. The lowest BCUT2D eigenvalue weighted by molar-refractivity contribution is -0.143. The normalized spacial score (nSPS) is 11.3. The fraction of sp³-hybridized carbons (Fsp3) is 0.158. The van der Waals surface area contributed by atoms with Crippen LogP contribution in [-0.4, -0.2) is 22.4 Å². The molecular formula is C19H15ClF3N3O2. The molecule has 0 bridgehead atoms. The molecule has 3 rings (SSSR count). The van der Waals surface area contributed by atoms with Crippen molar-refractivity contribution >= 4 is 17.7 Å². The summed E-state index contributed by atoms with van der Waals surface area (Å²) in [5.41, 5.74) is -0.166. The number of ether oxygens (including phenoxy) is 1. The lowest BCUT2D eigenvalue weighted by atomic mass is 10.1. The zero-order valence-electron chi connectivity index (χ0n) is 14.4. The Balaban J connectivity index is 1.71. The number of nitrogens with zero attached hydrogens (tertiary/aromatic N) is 2. The number of amides is 1. The summed E-state index contributed by atoms with van der Waals surface area (Å²) >= 11 is 6.02. The van der Waals surface area contributed by atoms with E-state index in [2.05, 4.69) is 10.4 Å². The molecule has 0 aliphatic carbocycles. The summed E-state index contributed by atoms with van der Waals surface area (Å²) in [7, 11) is 0. The van der Waals surface area contributed by atoms with Gasteiger partial charge in [-0.1, -0.05) is 48.0 Å². The predicted molar refractivity (Wildman–Crippen MR) is 97.7 cm³/mol. The lowest BCUT2D eigenvalue weighted by Crippen LogP contribution is -2.29. The van der Waals surface area contributed by atoms with Gasteiger partial charge in [-0.25, -0.2) is 9.48 Å². The topological polar surface area (TPSA) is 56.1 Å². The van der Waals surface area contributed by atoms with Crippen molar-refractivity contribution in [1.29, 1.82) is 0 Å². The Hall–Kier alpha value is -3.00. The summed E-state index contributed by atoms with van der Waals surface area (Å²) in [5, 5.41) is 6.67. The van der Waals surface area contributed by atoms with Gasteiger partial charge in [0.1, 0.15) is 0 Å². The second-order valence-electron chi connectivity index (χ2n) is 5.76. The second kappa shape index (κ2) is 8.35. The van der Waals surface area contributed by atoms with Crippen LogP contribution in [0.5, 0.6) is 5.75 Å². The number of rotatable bonds is 5. The van der Waals surface area contributed by atoms with Crippen molar-refractivity contribution in [2.45, 2.75) is 12.6 Å². The van der Waals surface area contributed by atoms with Crippen LogP contribution in [0, 0.1) is 0 Å². The number of carbonyl (C=O) groups is 1. The van der Waals surface area contributed by atoms with Gasteiger partial charge in [-0.2, -0.15) is 18.3 Å². The third kappa shape index (κ3) is 4.64. The first-order chi connectivity index (χ1) is 13.4. The van der Waals surface area contributed by atoms with Crippen molar-refractivity contribution in [3.05, 3.63) is 77.1 Å². The number of nitrogens with one attached hydrogen (secondary N) is 1. The van der Waals surface area contributed by atoms with Gasteiger partial charge in [-0.15, -0.1) is 0 Å². The highest BCUT2D eigenvalue weighted by molar-refractivity contribution is 6.31. The van der Waals surface area contributed by atoms with Crippen molar-refractivity contribution in [1.82, 2.24) is 15.1 Å². The van der Waals surface area contributed by atoms with E-state index < -0.39 is 23.7 Å². The first-order valence-corrected chi connectivity index (χ1v) is 8.64. The van der Waals surface area contributed by atoms with E-state index in [-0.39, 0.29) is 12.2 Å². The number of hydrogen-bond donors (Lipinski definition) is 1. The molecule has 0 saturated carbocycles. The molecular weight excluding hydrogens is 395 g/mol. The minimum atomic E-state index is -4.76. The van der Waals surface area contributed by atoms with E-state index in [1.54, 1.807) is 42.5 Å². The molecule has 1 N–H and O–H groups in total. The molecule has 1 heterocycles. The number of carbonyl (C=O) groups excluding carboxylic acids is 1. The summed E-state index contributed by atoms with van der Waals surface area (Å²) in [6.07, 6.45) is -4.50. The van der Waals surface area contributed by atoms with E-state index in [9.17, 15) is 18.0 Å². The maximum Gasteiger partial charge on any atom is 0.437 e. The third-order valence-corrected chi connectivity index (χ3v) is 4.20. The van der Waals surface area contributed by atoms with Crippen LogP contribution < -0.4 is 10.1 Å². The first-order valence-electron chi connectivity index (χ1n) is 8.26. The van der Waals surface area contributed by atoms with Crippen LogP contribution in [0.4, 0.5) is 18.0 Å². The molecule has 3 aromatic rings. The summed E-state index contributed by atoms with van der Waals surface area (Å²) in [5.74, 6) is -0.674. The van der Waals surface area contributed by atoms with Crippen molar-refractivity contribution in [3.8, 4) is 11.4 Å². The Labute approximate surface area is 163 Å². The molecule has 9 heteroatoms. The Kier molecular flexibility index (Phi) is 5.89. The molecule has 1 aromatic heterocycles. The molecule has 0 aliphatic heterocycles. The number of hydrogen-bond acceptors (Lipinski definition) is 3. The number of halogens is 4. The van der Waals surface area contributed by atoms with Crippen LogP contribution in [0.25, 0.3) is 5.69 Å². The molecule has 0 unspecified atom stereocenters. The van der Waals surface area contributed by atoms with Crippen molar-refractivity contribution in [2.75, 3.05) is 6.54 Å². The number of aromatic nitrogens is 2. The van der Waals surface area contributed by atoms with Gasteiger partial charge < -0.3 is 10.1 Å². The van der Waals surface area contributed by atoms with Gasteiger partial charge in [0.25, 0.3) is 0 Å². The summed E-state index contributed by atoms with van der Waals surface area (Å²) in [6.45, 7) is 0.150. The van der Waals surface area contributed by atoms with E-state index in [1.807, 2.05) is 0 Å². The minimum Gasteiger partial charge on any atom is -0.406 e. The predicted octanol–water partition coefficient (Wildman–Crippen LogP) is 4.88. The van der Waals surface area contributed by atoms with Crippen molar-refractivity contribution < 1.29 is 22.7 Å². The maximum atomic E-state index is 13.5. The smallest absolute Gasteiger partial charge is 0.406 e. The molecule has 0 aliphatic rings. The highest BCUT2D eigenvalue weighted by atomic mass is 35.5. The van der Waals surface area contributed by atoms with Crippen LogP contribution in [0.15, 0.2) is 60.8 Å². The van der Waals surface area contributed by atoms with Crippen molar-refractivity contribution in [3.63, 3.8) is 0 Å². The first kappa shape index (κ1) is 19.8. The largest absolute Gasteiger partial charge is 0.437 e. The molecule has 0 atom stereocenters. The van der Waals surface area contributed by atoms with Crippen LogP contribution in [0.1, 0.15) is 11.3 Å². The number of para-hydroxylation sites is 1. The van der Waals surface area contributed by atoms with Crippen molar-refractivity contribution in [2.24, 2.45) is 0 Å². The van der Waals surface area contributed by atoms with Gasteiger partial charge in [-0.05, 0) is 30.2 Å². The molecule has 1 amide bonds. The molecule has 146 valence electrons. The van der Waals surface area contributed by atoms with E-state index in [4.69, 9.17) is 16.3 Å². The molecule has 28 heavy (non-hydrogen) atoms. The van der Waals surface area contributed by atoms with Crippen LogP contribution in [-0.2, 0) is 12.6 Å². The summed E-state index contributed by atoms with van der Waals surface area (Å²) < 4.78 is 46.1. The van der Waals surface area contributed by atoms with Gasteiger partial charge in [0.15, 0.2) is 11.4 Å². The Morgan fingerprint density at radius 1 is 1.11 bits per heavy atom. The van der Waals surface area contributed by atoms with E-state index in [0.717, 1.165) is 11.8 Å². The average molecular weight is 410 g/mol. The van der Waals surface area contributed by atoms with Gasteiger partial charge >= 0.3 is 12.3 Å². The fourth-order valence-corrected chi connectivity index (χ4v) is 2.80. The molecule has 0 saturated heterocycles. The average Bonchev–Trinajstić information content (AvgIpc) is 3.08.